The van der Waals surface area contributed by atoms with Gasteiger partial charge in [-0.15, -0.1) is 0 Å². The molecule has 288 valence electrons. The number of amides is 1. The van der Waals surface area contributed by atoms with E-state index in [1.54, 1.807) is 26.2 Å². The zero-order valence-corrected chi connectivity index (χ0v) is 32.9. The molecule has 0 unspecified atom stereocenters. The largest absolute Gasteiger partial charge is 0.497 e. The number of furan rings is 1. The fourth-order valence-corrected chi connectivity index (χ4v) is 8.01. The van der Waals surface area contributed by atoms with Crippen molar-refractivity contribution < 1.29 is 37.7 Å². The molecule has 2 heterocycles. The standard InChI is InChI=1S/C43H56ClNO8/c1-6-7-8-9-10-11-12-13-14-15-16-17-18-19-24-45-35(46)26-31-36-33(52-39(31)29-20-22-30(49-3)23-21-29)25-28(2)43(41(36)47)42(48)37-32(50-4)27-34(51-5)38(44)40(37)53-43/h20-23,27-28H,6-19,24-26H2,1-5H3,(H,45,46)/t28-,43+/m1/s1. The summed E-state index contributed by atoms with van der Waals surface area (Å²) in [6, 6.07) is 8.76. The molecule has 0 saturated heterocycles. The van der Waals surface area contributed by atoms with Crippen LogP contribution >= 0.6 is 11.6 Å². The molecule has 2 aromatic carbocycles. The number of hydrogen-bond acceptors (Lipinski definition) is 8. The van der Waals surface area contributed by atoms with E-state index in [1.807, 2.05) is 12.1 Å². The summed E-state index contributed by atoms with van der Waals surface area (Å²) in [5.41, 5.74) is -0.528. The Morgan fingerprint density at radius 3 is 1.94 bits per heavy atom. The van der Waals surface area contributed by atoms with E-state index in [4.69, 9.17) is 35.0 Å². The first-order valence-electron chi connectivity index (χ1n) is 19.5. The maximum absolute atomic E-state index is 14.8. The van der Waals surface area contributed by atoms with E-state index in [1.165, 1.54) is 90.9 Å². The molecule has 1 aliphatic heterocycles. The molecule has 0 fully saturated rings. The maximum atomic E-state index is 14.8. The number of ketones is 2. The molecule has 1 N–H and O–H groups in total. The molecule has 1 aliphatic carbocycles. The van der Waals surface area contributed by atoms with Gasteiger partial charge in [0.25, 0.3) is 0 Å². The van der Waals surface area contributed by atoms with E-state index in [9.17, 15) is 14.4 Å². The quantitative estimate of drug-likeness (QED) is 0.0846. The molecule has 3 aromatic rings. The molecule has 1 aromatic heterocycles. The van der Waals surface area contributed by atoms with Gasteiger partial charge in [0.05, 0.1) is 33.3 Å². The predicted octanol–water partition coefficient (Wildman–Crippen LogP) is 10.2. The van der Waals surface area contributed by atoms with Crippen LogP contribution in [-0.2, 0) is 17.6 Å². The van der Waals surface area contributed by atoms with Gasteiger partial charge < -0.3 is 28.7 Å². The minimum absolute atomic E-state index is 0.0443. The van der Waals surface area contributed by atoms with Gasteiger partial charge >= 0.3 is 0 Å². The van der Waals surface area contributed by atoms with Crippen molar-refractivity contribution in [2.75, 3.05) is 27.9 Å². The first kappa shape index (κ1) is 40.2. The number of rotatable bonds is 21. The topological polar surface area (TPSA) is 113 Å². The van der Waals surface area contributed by atoms with Crippen LogP contribution in [0.1, 0.15) is 136 Å². The van der Waals surface area contributed by atoms with Gasteiger partial charge in [-0.3, -0.25) is 14.4 Å². The third-order valence-corrected chi connectivity index (χ3v) is 11.1. The lowest BCUT2D eigenvalue weighted by atomic mass is 9.70. The number of benzene rings is 2. The Labute approximate surface area is 319 Å². The van der Waals surface area contributed by atoms with Crippen LogP contribution in [0.3, 0.4) is 0 Å². The SMILES string of the molecule is CCCCCCCCCCCCCCCCNC(=O)Cc1c(-c2ccc(OC)cc2)oc2c1C(=O)[C@@]1(Oc3c(Cl)c(OC)cc(OC)c3C1=O)[C@H](C)C2. The normalized spacial score (nSPS) is 17.4. The van der Waals surface area contributed by atoms with Gasteiger partial charge in [0.15, 0.2) is 5.75 Å². The number of unbranched alkanes of at least 4 members (excludes halogenated alkanes) is 13. The van der Waals surface area contributed by atoms with Crippen LogP contribution in [-0.4, -0.2) is 50.9 Å². The number of ether oxygens (including phenoxy) is 4. The van der Waals surface area contributed by atoms with Crippen molar-refractivity contribution >= 4 is 29.1 Å². The van der Waals surface area contributed by atoms with E-state index in [0.717, 1.165) is 19.3 Å². The highest BCUT2D eigenvalue weighted by Gasteiger charge is 2.63. The van der Waals surface area contributed by atoms with E-state index >= 15 is 0 Å². The summed E-state index contributed by atoms with van der Waals surface area (Å²) >= 11 is 6.64. The van der Waals surface area contributed by atoms with Gasteiger partial charge in [-0.25, -0.2) is 0 Å². The summed E-state index contributed by atoms with van der Waals surface area (Å²) in [6.45, 7) is 4.58. The van der Waals surface area contributed by atoms with Crippen LogP contribution < -0.4 is 24.3 Å². The average Bonchev–Trinajstić information content (AvgIpc) is 3.68. The Kier molecular flexibility index (Phi) is 14.3. The molecule has 1 amide bonds. The Morgan fingerprint density at radius 2 is 1.38 bits per heavy atom. The number of fused-ring (bicyclic) bond motifs is 2. The minimum Gasteiger partial charge on any atom is -0.497 e. The number of halogens is 1. The predicted molar refractivity (Wildman–Crippen MR) is 207 cm³/mol. The van der Waals surface area contributed by atoms with E-state index in [0.29, 0.717) is 34.9 Å². The summed E-state index contributed by atoms with van der Waals surface area (Å²) in [5, 5.41) is 3.13. The Hall–Kier alpha value is -3.98. The van der Waals surface area contributed by atoms with Gasteiger partial charge in [-0.1, -0.05) is 109 Å². The van der Waals surface area contributed by atoms with Gasteiger partial charge in [0.1, 0.15) is 39.4 Å². The average molecular weight is 750 g/mol. The number of hydrogen-bond donors (Lipinski definition) is 1. The van der Waals surface area contributed by atoms with Crippen LogP contribution in [0.25, 0.3) is 11.3 Å². The molecule has 5 rings (SSSR count). The highest BCUT2D eigenvalue weighted by Crippen LogP contribution is 2.54. The van der Waals surface area contributed by atoms with Crippen molar-refractivity contribution in [3.63, 3.8) is 0 Å². The third kappa shape index (κ3) is 8.72. The second-order valence-electron chi connectivity index (χ2n) is 14.5. The lowest BCUT2D eigenvalue weighted by Gasteiger charge is -2.35. The van der Waals surface area contributed by atoms with E-state index in [2.05, 4.69) is 12.2 Å². The first-order chi connectivity index (χ1) is 25.7. The number of Topliss-reactive ketones (excluding diaryl/α,β-unsaturated/α-hetero) is 2. The minimum atomic E-state index is -1.92. The monoisotopic (exact) mass is 749 g/mol. The highest BCUT2D eigenvalue weighted by atomic mass is 35.5. The van der Waals surface area contributed by atoms with Crippen LogP contribution in [0.4, 0.5) is 0 Å². The summed E-state index contributed by atoms with van der Waals surface area (Å²) in [5.74, 6) is 0.0150. The molecular formula is C43H56ClNO8. The third-order valence-electron chi connectivity index (χ3n) is 10.8. The zero-order chi connectivity index (χ0) is 38.0. The number of carbonyl (C=O) groups excluding carboxylic acids is 3. The fraction of sp³-hybridized carbons (Fsp3) is 0.558. The van der Waals surface area contributed by atoms with Crippen molar-refractivity contribution in [2.24, 2.45) is 5.92 Å². The molecular weight excluding hydrogens is 694 g/mol. The van der Waals surface area contributed by atoms with Gasteiger partial charge in [0.2, 0.25) is 23.1 Å². The van der Waals surface area contributed by atoms with E-state index in [-0.39, 0.29) is 52.1 Å². The van der Waals surface area contributed by atoms with Crippen LogP contribution in [0.5, 0.6) is 23.0 Å². The van der Waals surface area contributed by atoms with Crippen LogP contribution in [0.2, 0.25) is 5.02 Å². The van der Waals surface area contributed by atoms with Gasteiger partial charge in [-0.05, 0) is 30.7 Å². The molecule has 1 spiro atoms. The molecule has 10 heteroatoms. The van der Waals surface area contributed by atoms with Crippen molar-refractivity contribution in [3.05, 3.63) is 57.8 Å². The van der Waals surface area contributed by atoms with Crippen molar-refractivity contribution in [2.45, 2.75) is 122 Å². The molecule has 0 radical (unpaired) electrons. The van der Waals surface area contributed by atoms with Crippen LogP contribution in [0.15, 0.2) is 34.7 Å². The number of carbonyl (C=O) groups is 3. The highest BCUT2D eigenvalue weighted by molar-refractivity contribution is 6.36. The fourth-order valence-electron chi connectivity index (χ4n) is 7.75. The summed E-state index contributed by atoms with van der Waals surface area (Å²) < 4.78 is 29.1. The molecule has 2 atom stereocenters. The Morgan fingerprint density at radius 1 is 0.811 bits per heavy atom. The Balaban J connectivity index is 1.25. The smallest absolute Gasteiger partial charge is 0.237 e. The van der Waals surface area contributed by atoms with Gasteiger partial charge in [0, 0.05) is 36.1 Å². The first-order valence-corrected chi connectivity index (χ1v) is 19.9. The number of nitrogens with one attached hydrogen (secondary N) is 1. The van der Waals surface area contributed by atoms with Crippen molar-refractivity contribution in [1.29, 1.82) is 0 Å². The molecule has 0 saturated carbocycles. The second kappa shape index (κ2) is 18.9. The van der Waals surface area contributed by atoms with Crippen LogP contribution in [0, 0.1) is 5.92 Å². The summed E-state index contributed by atoms with van der Waals surface area (Å²) in [4.78, 5) is 42.6. The molecule has 0 bridgehead atoms. The summed E-state index contributed by atoms with van der Waals surface area (Å²) in [6.07, 6.45) is 17.8. The Bertz CT molecular complexity index is 1730. The van der Waals surface area contributed by atoms with Crippen molar-refractivity contribution in [1.82, 2.24) is 5.32 Å². The lowest BCUT2D eigenvalue weighted by molar-refractivity contribution is -0.120. The zero-order valence-electron chi connectivity index (χ0n) is 32.1. The maximum Gasteiger partial charge on any atom is 0.237 e. The molecule has 2 aliphatic rings. The number of methoxy groups -OCH3 is 3. The lowest BCUT2D eigenvalue weighted by Crippen LogP contribution is -2.56. The second-order valence-corrected chi connectivity index (χ2v) is 14.8. The van der Waals surface area contributed by atoms with E-state index < -0.39 is 23.1 Å². The van der Waals surface area contributed by atoms with Crippen molar-refractivity contribution in [3.8, 4) is 34.3 Å². The molecule has 53 heavy (non-hydrogen) atoms. The van der Waals surface area contributed by atoms with Gasteiger partial charge in [-0.2, -0.15) is 0 Å². The molecule has 9 nitrogen and oxygen atoms in total. The summed E-state index contributed by atoms with van der Waals surface area (Å²) in [7, 11) is 4.46.